The van der Waals surface area contributed by atoms with Gasteiger partial charge in [0.2, 0.25) is 22.4 Å². The van der Waals surface area contributed by atoms with Crippen LogP contribution in [0.5, 0.6) is 0 Å². The molecule has 0 rings (SSSR count). The maximum Gasteiger partial charge on any atom is 0.375 e. The minimum Gasteiger partial charge on any atom is -0.545 e. The molecule has 22 heavy (non-hydrogen) atoms. The van der Waals surface area contributed by atoms with Crippen LogP contribution in [-0.2, 0) is 18.4 Å². The highest BCUT2D eigenvalue weighted by Gasteiger charge is 2.29. The molecule has 0 unspecified atom stereocenters. The second kappa shape index (κ2) is 9.40. The van der Waals surface area contributed by atoms with E-state index in [1.807, 2.05) is 0 Å². The molecule has 0 aromatic heterocycles. The average Bonchev–Trinajstić information content (AvgIpc) is 2.33. The monoisotopic (exact) mass is 346 g/mol. The molecule has 0 heterocycles. The molecule has 0 aliphatic heterocycles. The number of unbranched alkanes of at least 4 members (excludes halogenated alkanes) is 2. The lowest BCUT2D eigenvalue weighted by Crippen LogP contribution is -2.32. The minimum atomic E-state index is -1.92. The Labute approximate surface area is 138 Å². The fourth-order valence-corrected chi connectivity index (χ4v) is 3.57. The fraction of sp³-hybridized carbons (Fsp3) is 0.812. The van der Waals surface area contributed by atoms with Crippen molar-refractivity contribution >= 4 is 22.6 Å². The summed E-state index contributed by atoms with van der Waals surface area (Å²) in [6.07, 6.45) is 3.97. The molecule has 0 saturated heterocycles. The zero-order chi connectivity index (χ0) is 17.4. The van der Waals surface area contributed by atoms with Crippen LogP contribution < -0.4 is 0 Å². The number of carbonyl (C=O) groups excluding carboxylic acids is 1. The van der Waals surface area contributed by atoms with Gasteiger partial charge in [-0.25, -0.2) is 4.79 Å². The molecule has 0 aliphatic rings. The number of carbonyl (C=O) groups is 1. The molecule has 6 heteroatoms. The van der Waals surface area contributed by atoms with Gasteiger partial charge in [-0.2, -0.15) is 0 Å². The molecule has 0 aliphatic carbocycles. The second-order valence-corrected chi connectivity index (χ2v) is 16.2. The number of rotatable bonds is 10. The van der Waals surface area contributed by atoms with E-state index in [0.717, 1.165) is 25.7 Å². The Hall–Kier alpha value is -0.756. The molecule has 0 bridgehead atoms. The van der Waals surface area contributed by atoms with E-state index in [0.29, 0.717) is 18.1 Å². The Balaban J connectivity index is 5.54. The molecule has 0 amide bonds. The summed E-state index contributed by atoms with van der Waals surface area (Å²) < 4.78 is 17.4. The van der Waals surface area contributed by atoms with Crippen molar-refractivity contribution in [1.82, 2.24) is 0 Å². The standard InChI is InChI=1S/C16H34O4Si2/c1-9-11-12-13-14(19-21(3,4)5)15(16(17)18-10-2)20-22(6,7)8/h9-13H2,1-8H3. The van der Waals surface area contributed by atoms with Crippen molar-refractivity contribution in [2.24, 2.45) is 0 Å². The van der Waals surface area contributed by atoms with Crippen LogP contribution in [0.15, 0.2) is 11.5 Å². The van der Waals surface area contributed by atoms with E-state index in [1.165, 1.54) is 0 Å². The van der Waals surface area contributed by atoms with E-state index in [9.17, 15) is 4.79 Å². The maximum absolute atomic E-state index is 12.3. The first-order chi connectivity index (χ1) is 10.00. The smallest absolute Gasteiger partial charge is 0.375 e. The summed E-state index contributed by atoms with van der Waals surface area (Å²) in [6.45, 7) is 16.8. The average molecular weight is 347 g/mol. The molecule has 130 valence electrons. The van der Waals surface area contributed by atoms with Crippen LogP contribution in [0.4, 0.5) is 0 Å². The normalized spacial score (nSPS) is 13.5. The molecule has 0 aromatic carbocycles. The van der Waals surface area contributed by atoms with Gasteiger partial charge in [0.15, 0.2) is 0 Å². The number of hydrogen-bond acceptors (Lipinski definition) is 4. The van der Waals surface area contributed by atoms with E-state index in [4.69, 9.17) is 13.6 Å². The van der Waals surface area contributed by atoms with Crippen molar-refractivity contribution in [2.75, 3.05) is 6.61 Å². The predicted octanol–water partition coefficient (Wildman–Crippen LogP) is 5.04. The molecule has 0 radical (unpaired) electrons. The van der Waals surface area contributed by atoms with Crippen molar-refractivity contribution in [3.8, 4) is 0 Å². The van der Waals surface area contributed by atoms with E-state index >= 15 is 0 Å². The first kappa shape index (κ1) is 21.2. The Morgan fingerprint density at radius 2 is 1.41 bits per heavy atom. The van der Waals surface area contributed by atoms with E-state index in [-0.39, 0.29) is 0 Å². The number of allylic oxidation sites excluding steroid dienone is 1. The summed E-state index contributed by atoms with van der Waals surface area (Å²) in [5.74, 6) is 0.600. The molecule has 0 N–H and O–H groups in total. The van der Waals surface area contributed by atoms with Crippen molar-refractivity contribution < 1.29 is 18.4 Å². The molecule has 0 spiro atoms. The summed E-state index contributed by atoms with van der Waals surface area (Å²) in [4.78, 5) is 12.3. The molecule has 4 nitrogen and oxygen atoms in total. The fourth-order valence-electron chi connectivity index (χ4n) is 1.83. The van der Waals surface area contributed by atoms with Gasteiger partial charge in [-0.3, -0.25) is 0 Å². The molecular formula is C16H34O4Si2. The summed E-state index contributed by atoms with van der Waals surface area (Å²) in [6, 6.07) is 0. The van der Waals surface area contributed by atoms with Gasteiger partial charge >= 0.3 is 5.97 Å². The lowest BCUT2D eigenvalue weighted by atomic mass is 10.1. The third kappa shape index (κ3) is 10.1. The molecular weight excluding hydrogens is 312 g/mol. The zero-order valence-electron chi connectivity index (χ0n) is 15.7. The largest absolute Gasteiger partial charge is 0.545 e. The van der Waals surface area contributed by atoms with Gasteiger partial charge in [-0.15, -0.1) is 0 Å². The van der Waals surface area contributed by atoms with Crippen molar-refractivity contribution in [3.05, 3.63) is 11.5 Å². The first-order valence-electron chi connectivity index (χ1n) is 8.28. The highest BCUT2D eigenvalue weighted by Crippen LogP contribution is 2.24. The lowest BCUT2D eigenvalue weighted by molar-refractivity contribution is -0.141. The van der Waals surface area contributed by atoms with Gasteiger partial charge < -0.3 is 13.6 Å². The van der Waals surface area contributed by atoms with Crippen LogP contribution in [-0.4, -0.2) is 29.2 Å². The van der Waals surface area contributed by atoms with Gasteiger partial charge in [0.1, 0.15) is 5.76 Å². The minimum absolute atomic E-state index is 0.305. The Morgan fingerprint density at radius 3 is 1.82 bits per heavy atom. The summed E-state index contributed by atoms with van der Waals surface area (Å²) in [5.41, 5.74) is 0. The second-order valence-electron chi connectivity index (χ2n) is 7.36. The van der Waals surface area contributed by atoms with Gasteiger partial charge in [0, 0.05) is 6.42 Å². The van der Waals surface area contributed by atoms with Crippen LogP contribution in [0.3, 0.4) is 0 Å². The van der Waals surface area contributed by atoms with Crippen LogP contribution >= 0.6 is 0 Å². The van der Waals surface area contributed by atoms with Crippen molar-refractivity contribution in [3.63, 3.8) is 0 Å². The van der Waals surface area contributed by atoms with Gasteiger partial charge in [-0.05, 0) is 52.6 Å². The van der Waals surface area contributed by atoms with Crippen molar-refractivity contribution in [2.45, 2.75) is 78.8 Å². The van der Waals surface area contributed by atoms with Gasteiger partial charge in [-0.1, -0.05) is 19.8 Å². The topological polar surface area (TPSA) is 44.8 Å². The maximum atomic E-state index is 12.3. The number of ether oxygens (including phenoxy) is 1. The number of hydrogen-bond donors (Lipinski definition) is 0. The highest BCUT2D eigenvalue weighted by molar-refractivity contribution is 6.70. The predicted molar refractivity (Wildman–Crippen MR) is 96.7 cm³/mol. The molecule has 0 aromatic rings. The third-order valence-electron chi connectivity index (χ3n) is 2.56. The van der Waals surface area contributed by atoms with Crippen LogP contribution in [0.1, 0.15) is 39.5 Å². The Kier molecular flexibility index (Phi) is 9.07. The van der Waals surface area contributed by atoms with Gasteiger partial charge in [0.25, 0.3) is 0 Å². The highest BCUT2D eigenvalue weighted by atomic mass is 28.4. The van der Waals surface area contributed by atoms with Gasteiger partial charge in [0.05, 0.1) is 6.61 Å². The number of esters is 1. The Bertz CT molecular complexity index is 379. The molecule has 0 saturated carbocycles. The quantitative estimate of drug-likeness (QED) is 0.183. The summed E-state index contributed by atoms with van der Waals surface area (Å²) >= 11 is 0. The lowest BCUT2D eigenvalue weighted by Gasteiger charge is -2.27. The molecule has 0 atom stereocenters. The van der Waals surface area contributed by atoms with Crippen LogP contribution in [0.25, 0.3) is 0 Å². The van der Waals surface area contributed by atoms with Crippen LogP contribution in [0.2, 0.25) is 39.3 Å². The summed E-state index contributed by atoms with van der Waals surface area (Å²) in [5, 5.41) is 0. The zero-order valence-corrected chi connectivity index (χ0v) is 17.7. The Morgan fingerprint density at radius 1 is 0.864 bits per heavy atom. The first-order valence-corrected chi connectivity index (χ1v) is 15.1. The summed E-state index contributed by atoms with van der Waals surface area (Å²) in [7, 11) is -3.74. The SMILES string of the molecule is CCCCCC(O[Si](C)(C)C)=C(O[Si](C)(C)C)C(=O)OCC. The van der Waals surface area contributed by atoms with Crippen LogP contribution in [0, 0.1) is 0 Å². The van der Waals surface area contributed by atoms with E-state index in [1.54, 1.807) is 6.92 Å². The molecule has 0 fully saturated rings. The van der Waals surface area contributed by atoms with Crippen molar-refractivity contribution in [1.29, 1.82) is 0 Å². The van der Waals surface area contributed by atoms with E-state index in [2.05, 4.69) is 46.2 Å². The van der Waals surface area contributed by atoms with E-state index < -0.39 is 22.6 Å². The third-order valence-corrected chi connectivity index (χ3v) is 4.23.